The number of aromatic hydroxyl groups is 1. The number of Topliss-reactive ketones (excluding diaryl/α,β-unsaturated/α-hetero) is 2. The van der Waals surface area contributed by atoms with Crippen LogP contribution in [0.2, 0.25) is 0 Å². The summed E-state index contributed by atoms with van der Waals surface area (Å²) in [6.07, 6.45) is 0.00311. The fraction of sp³-hybridized carbons (Fsp3) is 0.394. The van der Waals surface area contributed by atoms with Crippen molar-refractivity contribution < 1.29 is 49.8 Å². The summed E-state index contributed by atoms with van der Waals surface area (Å²) < 4.78 is 0. The van der Waals surface area contributed by atoms with Crippen molar-refractivity contribution in [2.45, 2.75) is 37.8 Å². The number of rotatable bonds is 8. The quantitative estimate of drug-likeness (QED) is 0.106. The highest BCUT2D eigenvalue weighted by molar-refractivity contribution is 6.28. The van der Waals surface area contributed by atoms with E-state index in [0.717, 1.165) is 0 Å². The summed E-state index contributed by atoms with van der Waals surface area (Å²) in [7, 11) is 6.84. The highest BCUT2D eigenvalue weighted by Gasteiger charge is 2.56. The van der Waals surface area contributed by atoms with Crippen LogP contribution in [0.25, 0.3) is 5.76 Å². The van der Waals surface area contributed by atoms with Gasteiger partial charge in [0, 0.05) is 43.2 Å². The molecule has 0 radical (unpaired) electrons. The molecule has 0 spiro atoms. The average molecular weight is 666 g/mol. The number of carbonyl (C=O) groups excluding carboxylic acids is 4. The maximum absolute atomic E-state index is 14.1. The second kappa shape index (κ2) is 12.6. The lowest BCUT2D eigenvalue weighted by Crippen LogP contribution is -2.55. The van der Waals surface area contributed by atoms with E-state index in [4.69, 9.17) is 21.1 Å². The number of likely N-dealkylation sites (N-methyl/N-ethyl adjacent to an activating group) is 1. The number of anilines is 2. The van der Waals surface area contributed by atoms with E-state index in [0.29, 0.717) is 22.5 Å². The van der Waals surface area contributed by atoms with Crippen LogP contribution in [0.4, 0.5) is 16.2 Å². The van der Waals surface area contributed by atoms with Crippen molar-refractivity contribution in [3.8, 4) is 5.75 Å². The lowest BCUT2D eigenvalue weighted by molar-refractivity contribution is -0.309. The molecule has 256 valence electrons. The monoisotopic (exact) mass is 665 g/mol. The molecular formula is C33H39N5O10. The van der Waals surface area contributed by atoms with Gasteiger partial charge in [-0.25, -0.2) is 4.79 Å². The Labute approximate surface area is 275 Å². The number of carbonyl (C=O) groups is 4. The van der Waals surface area contributed by atoms with Gasteiger partial charge in [-0.1, -0.05) is 12.1 Å². The summed E-state index contributed by atoms with van der Waals surface area (Å²) in [5.74, 6) is -9.61. The maximum atomic E-state index is 14.1. The summed E-state index contributed by atoms with van der Waals surface area (Å²) in [5.41, 5.74) is 6.91. The number of amides is 3. The number of ketones is 2. The molecule has 3 amide bonds. The van der Waals surface area contributed by atoms with Crippen LogP contribution in [0.5, 0.6) is 5.75 Å². The standard InChI is InChI=1S/C33H39N5O10/c1-37(2)20-11-16(13-35-32(45)36-17-7-5-14(6-8-17)12-33(46,47)48)26(39)22-18(20)9-15-10-19-23(28(41)21(15)27(22)40)29(42)24(31(34)44)30(43)25(19)38(3)4/h5-8,11,15,19,23,25,39-40,43,46-48H,9-10,12-13H2,1-4H3,(H2,34,44)(H2,35,36,45)/t15?,19?,23?,25-/m1/s1. The Morgan fingerprint density at radius 2 is 1.65 bits per heavy atom. The molecule has 2 aromatic rings. The largest absolute Gasteiger partial charge is 0.510 e. The van der Waals surface area contributed by atoms with Gasteiger partial charge < -0.3 is 51.9 Å². The first-order valence-corrected chi connectivity index (χ1v) is 15.2. The lowest BCUT2D eigenvalue weighted by atomic mass is 9.59. The van der Waals surface area contributed by atoms with E-state index in [2.05, 4.69) is 10.6 Å². The smallest absolute Gasteiger partial charge is 0.319 e. The average Bonchev–Trinajstić information content (AvgIpc) is 2.96. The minimum atomic E-state index is -2.87. The number of fused-ring (bicyclic) bond motifs is 3. The molecular weight excluding hydrogens is 626 g/mol. The van der Waals surface area contributed by atoms with Crippen molar-refractivity contribution in [1.82, 2.24) is 10.2 Å². The Kier molecular flexibility index (Phi) is 9.01. The van der Waals surface area contributed by atoms with Crippen molar-refractivity contribution in [2.75, 3.05) is 38.4 Å². The van der Waals surface area contributed by atoms with Gasteiger partial charge in [-0.05, 0) is 68.1 Å². The molecule has 15 heteroatoms. The van der Waals surface area contributed by atoms with E-state index in [1.54, 1.807) is 44.1 Å². The number of primary amides is 1. The Balaban J connectivity index is 1.45. The number of phenols is 1. The minimum absolute atomic E-state index is 0.000653. The van der Waals surface area contributed by atoms with Gasteiger partial charge in [-0.15, -0.1) is 0 Å². The summed E-state index contributed by atoms with van der Waals surface area (Å²) in [5, 5.41) is 66.7. The molecule has 1 fully saturated rings. The minimum Gasteiger partial charge on any atom is -0.510 e. The van der Waals surface area contributed by atoms with E-state index in [1.807, 2.05) is 0 Å². The maximum Gasteiger partial charge on any atom is 0.319 e. The van der Waals surface area contributed by atoms with Gasteiger partial charge in [-0.3, -0.25) is 19.3 Å². The van der Waals surface area contributed by atoms with Crippen LogP contribution in [0.15, 0.2) is 47.2 Å². The van der Waals surface area contributed by atoms with E-state index < -0.39 is 76.8 Å². The first-order valence-electron chi connectivity index (χ1n) is 15.2. The summed E-state index contributed by atoms with van der Waals surface area (Å²) >= 11 is 0. The molecule has 1 saturated carbocycles. The molecule has 0 aliphatic heterocycles. The van der Waals surface area contributed by atoms with Crippen LogP contribution in [0, 0.1) is 17.8 Å². The van der Waals surface area contributed by atoms with E-state index in [9.17, 15) is 34.5 Å². The highest BCUT2D eigenvalue weighted by Crippen LogP contribution is 2.52. The Morgan fingerprint density at radius 3 is 2.21 bits per heavy atom. The summed E-state index contributed by atoms with van der Waals surface area (Å²) in [6, 6.07) is 6.14. The second-order valence-corrected chi connectivity index (χ2v) is 12.9. The van der Waals surface area contributed by atoms with E-state index >= 15 is 0 Å². The third-order valence-corrected chi connectivity index (χ3v) is 9.19. The molecule has 0 heterocycles. The molecule has 2 aromatic carbocycles. The fourth-order valence-electron chi connectivity index (χ4n) is 7.23. The highest BCUT2D eigenvalue weighted by atomic mass is 16.7. The van der Waals surface area contributed by atoms with Crippen LogP contribution in [-0.2, 0) is 33.8 Å². The number of nitrogens with two attached hydrogens (primary N) is 1. The number of hydrogen-bond donors (Lipinski definition) is 9. The van der Waals surface area contributed by atoms with Crippen LogP contribution >= 0.6 is 0 Å². The first kappa shape index (κ1) is 34.4. The lowest BCUT2D eigenvalue weighted by Gasteiger charge is -2.46. The molecule has 3 unspecified atom stereocenters. The predicted molar refractivity (Wildman–Crippen MR) is 173 cm³/mol. The zero-order chi connectivity index (χ0) is 35.4. The van der Waals surface area contributed by atoms with Crippen molar-refractivity contribution in [2.24, 2.45) is 23.5 Å². The summed E-state index contributed by atoms with van der Waals surface area (Å²) in [6.45, 7) is -0.189. The molecule has 4 atom stereocenters. The number of benzene rings is 2. The zero-order valence-electron chi connectivity index (χ0n) is 26.8. The van der Waals surface area contributed by atoms with Crippen molar-refractivity contribution >= 4 is 40.6 Å². The first-order chi connectivity index (χ1) is 22.4. The molecule has 3 aliphatic rings. The number of aliphatic hydroxyl groups excluding tert-OH is 2. The molecule has 5 rings (SSSR count). The van der Waals surface area contributed by atoms with Gasteiger partial charge >= 0.3 is 6.03 Å². The number of allylic oxidation sites excluding steroid dienone is 1. The molecule has 0 saturated heterocycles. The Hall–Kier alpha value is -4.96. The Bertz CT molecular complexity index is 1760. The van der Waals surface area contributed by atoms with Gasteiger partial charge in [0.1, 0.15) is 22.8 Å². The Morgan fingerprint density at radius 1 is 1.00 bits per heavy atom. The molecule has 10 N–H and O–H groups in total. The fourth-order valence-corrected chi connectivity index (χ4v) is 7.23. The van der Waals surface area contributed by atoms with Crippen molar-refractivity contribution in [3.05, 3.63) is 69.5 Å². The number of urea groups is 1. The van der Waals surface area contributed by atoms with Crippen LogP contribution < -0.4 is 21.3 Å². The second-order valence-electron chi connectivity index (χ2n) is 12.9. The van der Waals surface area contributed by atoms with Crippen LogP contribution in [0.1, 0.15) is 28.7 Å². The van der Waals surface area contributed by atoms with E-state index in [-0.39, 0.29) is 41.8 Å². The number of nitrogens with zero attached hydrogens (tertiary/aromatic N) is 2. The van der Waals surface area contributed by atoms with Gasteiger partial charge in [0.05, 0.1) is 23.9 Å². The van der Waals surface area contributed by atoms with Gasteiger partial charge in [0.25, 0.3) is 11.9 Å². The third kappa shape index (κ3) is 6.20. The number of aliphatic hydroxyl groups is 5. The van der Waals surface area contributed by atoms with Gasteiger partial charge in [-0.2, -0.15) is 0 Å². The normalized spacial score (nSPS) is 22.2. The number of nitrogens with one attached hydrogen (secondary N) is 2. The zero-order valence-corrected chi connectivity index (χ0v) is 26.8. The molecule has 48 heavy (non-hydrogen) atoms. The topological polar surface area (TPSA) is 246 Å². The van der Waals surface area contributed by atoms with Crippen LogP contribution in [-0.4, -0.2) is 99.2 Å². The number of hydrogen-bond acceptors (Lipinski definition) is 12. The number of phenolic OH excluding ortho intramolecular Hbond substituents is 1. The van der Waals surface area contributed by atoms with Crippen molar-refractivity contribution in [3.63, 3.8) is 0 Å². The predicted octanol–water partition coefficient (Wildman–Crippen LogP) is 0.410. The van der Waals surface area contributed by atoms with Crippen LogP contribution in [0.3, 0.4) is 0 Å². The molecule has 15 nitrogen and oxygen atoms in total. The van der Waals surface area contributed by atoms with E-state index in [1.165, 1.54) is 24.3 Å². The molecule has 0 aromatic heterocycles. The summed E-state index contributed by atoms with van der Waals surface area (Å²) in [4.78, 5) is 55.8. The SMILES string of the molecule is CN(C)c1cc(CNC(=O)Nc2ccc(CC(O)(O)O)cc2)c(O)c2c1CC1CC3C(C(=O)C(C(N)=O)=C(O)[C@@H]3N(C)C)C(=O)C1=C2O. The van der Waals surface area contributed by atoms with Crippen molar-refractivity contribution in [1.29, 1.82) is 0 Å². The molecule has 0 bridgehead atoms. The van der Waals surface area contributed by atoms with Gasteiger partial charge in [0.15, 0.2) is 11.6 Å². The third-order valence-electron chi connectivity index (χ3n) is 9.19. The van der Waals surface area contributed by atoms with Gasteiger partial charge in [0.2, 0.25) is 0 Å². The molecule has 3 aliphatic carbocycles.